The number of benzene rings is 3. The standard InChI is InChI=1S/C20H16O5/c1-11-6-12-2-5-16-20(25-10-23-16)18(12)19(15(11)8-21)14-4-3-13-7-17(14)24-9-22-13/h2-7,21H,8-10H2,1H3. The third kappa shape index (κ3) is 2.06. The van der Waals surface area contributed by atoms with E-state index in [0.717, 1.165) is 50.3 Å². The second-order valence-electron chi connectivity index (χ2n) is 6.17. The van der Waals surface area contributed by atoms with Crippen LogP contribution in [0.25, 0.3) is 21.9 Å². The van der Waals surface area contributed by atoms with Crippen LogP contribution in [0, 0.1) is 6.92 Å². The highest BCUT2D eigenvalue weighted by Gasteiger charge is 2.25. The van der Waals surface area contributed by atoms with E-state index in [-0.39, 0.29) is 20.2 Å². The Morgan fingerprint density at radius 2 is 1.76 bits per heavy atom. The fourth-order valence-corrected chi connectivity index (χ4v) is 3.61. The molecular weight excluding hydrogens is 320 g/mol. The highest BCUT2D eigenvalue weighted by Crippen LogP contribution is 2.48. The van der Waals surface area contributed by atoms with Gasteiger partial charge in [0.15, 0.2) is 11.5 Å². The van der Waals surface area contributed by atoms with E-state index < -0.39 is 0 Å². The number of fused-ring (bicyclic) bond motifs is 5. The van der Waals surface area contributed by atoms with Gasteiger partial charge in [0.05, 0.1) is 6.61 Å². The third-order valence-corrected chi connectivity index (χ3v) is 4.79. The van der Waals surface area contributed by atoms with Crippen molar-refractivity contribution in [1.82, 2.24) is 0 Å². The fourth-order valence-electron chi connectivity index (χ4n) is 3.61. The molecule has 0 unspecified atom stereocenters. The quantitative estimate of drug-likeness (QED) is 0.772. The Labute approximate surface area is 144 Å². The summed E-state index contributed by atoms with van der Waals surface area (Å²) in [5.41, 5.74) is 3.71. The number of aliphatic hydroxyl groups is 1. The van der Waals surface area contributed by atoms with Crippen molar-refractivity contribution in [1.29, 1.82) is 0 Å². The van der Waals surface area contributed by atoms with Crippen LogP contribution in [0.4, 0.5) is 0 Å². The summed E-state index contributed by atoms with van der Waals surface area (Å²) >= 11 is 0. The van der Waals surface area contributed by atoms with Gasteiger partial charge >= 0.3 is 0 Å². The molecule has 3 aromatic rings. The number of aliphatic hydroxyl groups excluding tert-OH is 1. The minimum atomic E-state index is -0.0701. The van der Waals surface area contributed by atoms with Gasteiger partial charge in [0, 0.05) is 22.6 Å². The molecule has 2 aliphatic rings. The largest absolute Gasteiger partial charge is 0.457 e. The molecule has 0 saturated heterocycles. The Hall–Kier alpha value is -2.92. The maximum absolute atomic E-state index is 10.1. The van der Waals surface area contributed by atoms with Crippen molar-refractivity contribution in [2.24, 2.45) is 0 Å². The lowest BCUT2D eigenvalue weighted by atomic mass is 9.89. The molecule has 2 bridgehead atoms. The molecule has 0 saturated carbocycles. The van der Waals surface area contributed by atoms with E-state index in [1.54, 1.807) is 0 Å². The molecule has 0 atom stereocenters. The Morgan fingerprint density at radius 1 is 0.920 bits per heavy atom. The number of hydrogen-bond donors (Lipinski definition) is 1. The van der Waals surface area contributed by atoms with Crippen LogP contribution in [0.15, 0.2) is 36.4 Å². The van der Waals surface area contributed by atoms with Gasteiger partial charge in [-0.1, -0.05) is 12.1 Å². The summed E-state index contributed by atoms with van der Waals surface area (Å²) in [6.07, 6.45) is 0. The first kappa shape index (κ1) is 14.4. The molecule has 126 valence electrons. The van der Waals surface area contributed by atoms with E-state index >= 15 is 0 Å². The summed E-state index contributed by atoms with van der Waals surface area (Å²) in [6, 6.07) is 11.8. The Bertz CT molecular complexity index is 1010. The van der Waals surface area contributed by atoms with E-state index in [1.807, 2.05) is 37.3 Å². The van der Waals surface area contributed by atoms with Gasteiger partial charge in [-0.15, -0.1) is 0 Å². The van der Waals surface area contributed by atoms with Crippen LogP contribution >= 0.6 is 0 Å². The summed E-state index contributed by atoms with van der Waals surface area (Å²) in [6.45, 7) is 2.32. The Balaban J connectivity index is 1.92. The van der Waals surface area contributed by atoms with Gasteiger partial charge in [-0.25, -0.2) is 0 Å². The van der Waals surface area contributed by atoms with Gasteiger partial charge < -0.3 is 24.1 Å². The number of ether oxygens (including phenoxy) is 4. The van der Waals surface area contributed by atoms with E-state index in [1.165, 1.54) is 0 Å². The van der Waals surface area contributed by atoms with Crippen molar-refractivity contribution in [3.63, 3.8) is 0 Å². The van der Waals surface area contributed by atoms with E-state index in [2.05, 4.69) is 6.07 Å². The molecule has 2 aliphatic heterocycles. The van der Waals surface area contributed by atoms with Crippen LogP contribution in [0.3, 0.4) is 0 Å². The maximum atomic E-state index is 10.1. The molecule has 5 heteroatoms. The zero-order valence-electron chi connectivity index (χ0n) is 13.7. The third-order valence-electron chi connectivity index (χ3n) is 4.79. The minimum absolute atomic E-state index is 0.0701. The predicted molar refractivity (Wildman–Crippen MR) is 92.3 cm³/mol. The molecular formula is C20H16O5. The van der Waals surface area contributed by atoms with E-state index in [9.17, 15) is 5.11 Å². The lowest BCUT2D eigenvalue weighted by molar-refractivity contribution is 0.106. The molecule has 0 radical (unpaired) electrons. The highest BCUT2D eigenvalue weighted by atomic mass is 16.7. The van der Waals surface area contributed by atoms with Crippen molar-refractivity contribution in [3.8, 4) is 34.1 Å². The zero-order chi connectivity index (χ0) is 17.0. The molecule has 1 N–H and O–H groups in total. The second-order valence-corrected chi connectivity index (χ2v) is 6.17. The molecule has 0 amide bonds. The normalized spacial score (nSPS) is 14.3. The van der Waals surface area contributed by atoms with Gasteiger partial charge in [0.25, 0.3) is 0 Å². The molecule has 5 nitrogen and oxygen atoms in total. The molecule has 2 heterocycles. The molecule has 5 rings (SSSR count). The Kier molecular flexibility index (Phi) is 3.05. The lowest BCUT2D eigenvalue weighted by Crippen LogP contribution is -2.11. The van der Waals surface area contributed by atoms with Crippen LogP contribution in [0.2, 0.25) is 0 Å². The van der Waals surface area contributed by atoms with Crippen molar-refractivity contribution < 1.29 is 24.1 Å². The second kappa shape index (κ2) is 5.29. The number of aryl methyl sites for hydroxylation is 1. The van der Waals surface area contributed by atoms with Crippen LogP contribution in [0.5, 0.6) is 23.0 Å². The van der Waals surface area contributed by atoms with E-state index in [0.29, 0.717) is 5.75 Å². The summed E-state index contributed by atoms with van der Waals surface area (Å²) in [5, 5.41) is 12.0. The van der Waals surface area contributed by atoms with E-state index in [4.69, 9.17) is 18.9 Å². The average Bonchev–Trinajstić information content (AvgIpc) is 3.10. The number of hydrogen-bond acceptors (Lipinski definition) is 5. The first-order valence-electron chi connectivity index (χ1n) is 8.12. The molecule has 0 aliphatic carbocycles. The summed E-state index contributed by atoms with van der Waals surface area (Å²) < 4.78 is 22.4. The van der Waals surface area contributed by atoms with Crippen molar-refractivity contribution in [2.75, 3.05) is 13.6 Å². The topological polar surface area (TPSA) is 57.2 Å². The van der Waals surface area contributed by atoms with Crippen LogP contribution in [-0.2, 0) is 6.61 Å². The summed E-state index contributed by atoms with van der Waals surface area (Å²) in [7, 11) is 0. The smallest absolute Gasteiger partial charge is 0.231 e. The summed E-state index contributed by atoms with van der Waals surface area (Å²) in [5.74, 6) is 2.95. The fraction of sp³-hybridized carbons (Fsp3) is 0.200. The molecule has 3 aromatic carbocycles. The first-order chi connectivity index (χ1) is 12.3. The van der Waals surface area contributed by atoms with Gasteiger partial charge in [-0.2, -0.15) is 0 Å². The maximum Gasteiger partial charge on any atom is 0.231 e. The number of rotatable bonds is 2. The summed E-state index contributed by atoms with van der Waals surface area (Å²) in [4.78, 5) is 0. The van der Waals surface area contributed by atoms with Crippen LogP contribution in [-0.4, -0.2) is 18.7 Å². The lowest BCUT2D eigenvalue weighted by Gasteiger charge is -2.22. The molecule has 0 spiro atoms. The Morgan fingerprint density at radius 3 is 2.64 bits per heavy atom. The van der Waals surface area contributed by atoms with Crippen LogP contribution < -0.4 is 18.9 Å². The minimum Gasteiger partial charge on any atom is -0.457 e. The average molecular weight is 336 g/mol. The first-order valence-corrected chi connectivity index (χ1v) is 8.12. The monoisotopic (exact) mass is 336 g/mol. The predicted octanol–water partition coefficient (Wildman–Crippen LogP) is 3.76. The molecule has 25 heavy (non-hydrogen) atoms. The zero-order valence-corrected chi connectivity index (χ0v) is 13.7. The molecule has 0 aromatic heterocycles. The van der Waals surface area contributed by atoms with Gasteiger partial charge in [0.2, 0.25) is 13.6 Å². The van der Waals surface area contributed by atoms with Gasteiger partial charge in [-0.05, 0) is 41.6 Å². The highest BCUT2D eigenvalue weighted by molar-refractivity contribution is 6.05. The van der Waals surface area contributed by atoms with Crippen molar-refractivity contribution >= 4 is 10.8 Å². The van der Waals surface area contributed by atoms with Gasteiger partial charge in [0.1, 0.15) is 11.5 Å². The molecule has 0 fully saturated rings. The SMILES string of the molecule is Cc1cc2ccc3c(c2c(-c2ccc4cc2OCO4)c1CO)OCO3. The van der Waals surface area contributed by atoms with Crippen LogP contribution in [0.1, 0.15) is 11.1 Å². The van der Waals surface area contributed by atoms with Crippen molar-refractivity contribution in [3.05, 3.63) is 47.5 Å². The van der Waals surface area contributed by atoms with Crippen molar-refractivity contribution in [2.45, 2.75) is 13.5 Å². The van der Waals surface area contributed by atoms with Gasteiger partial charge in [-0.3, -0.25) is 0 Å².